The van der Waals surface area contributed by atoms with E-state index in [1.165, 1.54) is 12.1 Å². The number of para-hydroxylation sites is 1. The van der Waals surface area contributed by atoms with E-state index in [1.807, 2.05) is 61.5 Å². The summed E-state index contributed by atoms with van der Waals surface area (Å²) in [6.07, 6.45) is 3.72. The number of anilines is 3. The summed E-state index contributed by atoms with van der Waals surface area (Å²) in [5, 5.41) is 10.7. The standard InChI is InChI=1S/C33H32Cl2N6O2/c1-41(2)31-25-10-6-7-11-28(25)38-33(40-31)37-24-15-12-22(13-16-24)20-36-32(43)26-18-23(34)19-27(35)30(26)39-29(42)17-14-21-8-4-3-5-9-21/h3-11,18-19,22,24H,12-13,15-16,20H2,1-2H3,(H,36,43)(H,39,42)(H,37,38,40)/t22-,24+. The van der Waals surface area contributed by atoms with E-state index in [9.17, 15) is 9.59 Å². The van der Waals surface area contributed by atoms with Gasteiger partial charge in [0, 0.05) is 48.6 Å². The topological polar surface area (TPSA) is 99.3 Å². The number of nitrogens with one attached hydrogen (secondary N) is 3. The molecule has 4 aromatic rings. The molecule has 1 aliphatic carbocycles. The summed E-state index contributed by atoms with van der Waals surface area (Å²) in [7, 11) is 3.96. The molecule has 1 aliphatic rings. The van der Waals surface area contributed by atoms with Crippen molar-refractivity contribution in [2.24, 2.45) is 5.92 Å². The predicted molar refractivity (Wildman–Crippen MR) is 174 cm³/mol. The van der Waals surface area contributed by atoms with Gasteiger partial charge in [-0.1, -0.05) is 59.5 Å². The molecule has 0 aliphatic heterocycles. The fourth-order valence-electron chi connectivity index (χ4n) is 5.17. The van der Waals surface area contributed by atoms with Crippen LogP contribution in [-0.2, 0) is 4.79 Å². The Morgan fingerprint density at radius 2 is 1.67 bits per heavy atom. The van der Waals surface area contributed by atoms with Crippen LogP contribution in [0.5, 0.6) is 0 Å². The Bertz CT molecular complexity index is 1690. The number of hydrogen-bond donors (Lipinski definition) is 3. The lowest BCUT2D eigenvalue weighted by molar-refractivity contribution is -0.111. The Morgan fingerprint density at radius 1 is 0.953 bits per heavy atom. The van der Waals surface area contributed by atoms with Crippen LogP contribution < -0.4 is 20.9 Å². The fraction of sp³-hybridized carbons (Fsp3) is 0.273. The molecule has 2 amide bonds. The highest BCUT2D eigenvalue weighted by Gasteiger charge is 2.24. The van der Waals surface area contributed by atoms with Gasteiger partial charge in [0.1, 0.15) is 5.82 Å². The molecule has 0 saturated heterocycles. The van der Waals surface area contributed by atoms with Crippen LogP contribution in [0.15, 0.2) is 66.7 Å². The molecule has 0 atom stereocenters. The van der Waals surface area contributed by atoms with Crippen molar-refractivity contribution < 1.29 is 9.59 Å². The van der Waals surface area contributed by atoms with Gasteiger partial charge in [-0.3, -0.25) is 9.59 Å². The minimum absolute atomic E-state index is 0.160. The Morgan fingerprint density at radius 3 is 2.42 bits per heavy atom. The van der Waals surface area contributed by atoms with E-state index in [0.717, 1.165) is 42.4 Å². The zero-order valence-corrected chi connectivity index (χ0v) is 25.5. The first-order valence-corrected chi connectivity index (χ1v) is 14.9. The third kappa shape index (κ3) is 7.75. The lowest BCUT2D eigenvalue weighted by Crippen LogP contribution is -2.34. The first-order valence-electron chi connectivity index (χ1n) is 14.1. The molecule has 1 fully saturated rings. The third-order valence-electron chi connectivity index (χ3n) is 7.37. The summed E-state index contributed by atoms with van der Waals surface area (Å²) in [4.78, 5) is 37.3. The van der Waals surface area contributed by atoms with E-state index in [2.05, 4.69) is 27.8 Å². The van der Waals surface area contributed by atoms with Crippen LogP contribution in [0.4, 0.5) is 17.5 Å². The molecule has 0 bridgehead atoms. The van der Waals surface area contributed by atoms with E-state index in [0.29, 0.717) is 29.0 Å². The summed E-state index contributed by atoms with van der Waals surface area (Å²) < 4.78 is 0. The zero-order valence-electron chi connectivity index (χ0n) is 24.0. The second-order valence-corrected chi connectivity index (χ2v) is 11.6. The number of rotatable bonds is 7. The van der Waals surface area contributed by atoms with Gasteiger partial charge in [-0.05, 0) is 68.0 Å². The van der Waals surface area contributed by atoms with Gasteiger partial charge in [0.05, 0.1) is 21.8 Å². The van der Waals surface area contributed by atoms with Crippen LogP contribution >= 0.6 is 23.2 Å². The fourth-order valence-corrected chi connectivity index (χ4v) is 5.71. The number of hydrogen-bond acceptors (Lipinski definition) is 6. The largest absolute Gasteiger partial charge is 0.362 e. The highest BCUT2D eigenvalue weighted by Crippen LogP contribution is 2.31. The van der Waals surface area contributed by atoms with E-state index in [1.54, 1.807) is 12.1 Å². The van der Waals surface area contributed by atoms with Crippen molar-refractivity contribution in [3.8, 4) is 11.8 Å². The number of nitrogens with zero attached hydrogens (tertiary/aromatic N) is 3. The van der Waals surface area contributed by atoms with Gasteiger partial charge in [0.25, 0.3) is 5.91 Å². The van der Waals surface area contributed by atoms with Crippen molar-refractivity contribution in [2.75, 3.05) is 36.2 Å². The van der Waals surface area contributed by atoms with Crippen LogP contribution in [0.25, 0.3) is 10.9 Å². The Labute approximate surface area is 261 Å². The maximum absolute atomic E-state index is 13.2. The maximum atomic E-state index is 13.2. The maximum Gasteiger partial charge on any atom is 0.300 e. The average molecular weight is 616 g/mol. The zero-order chi connectivity index (χ0) is 30.3. The summed E-state index contributed by atoms with van der Waals surface area (Å²) in [5.74, 6) is 6.20. The van der Waals surface area contributed by atoms with Crippen molar-refractivity contribution in [1.29, 1.82) is 0 Å². The first kappa shape index (κ1) is 30.1. The lowest BCUT2D eigenvalue weighted by Gasteiger charge is -2.29. The van der Waals surface area contributed by atoms with Crippen molar-refractivity contribution in [3.63, 3.8) is 0 Å². The number of halogens is 2. The van der Waals surface area contributed by atoms with Crippen molar-refractivity contribution in [3.05, 3.63) is 87.9 Å². The Hall–Kier alpha value is -4.32. The monoisotopic (exact) mass is 614 g/mol. The van der Waals surface area contributed by atoms with E-state index < -0.39 is 5.91 Å². The molecule has 3 N–H and O–H groups in total. The second kappa shape index (κ2) is 13.8. The van der Waals surface area contributed by atoms with Gasteiger partial charge >= 0.3 is 5.91 Å². The molecule has 1 saturated carbocycles. The molecule has 0 spiro atoms. The number of fused-ring (bicyclic) bond motifs is 1. The SMILES string of the molecule is CN(C)c1nc(N[C@H]2CC[C@@H](CNC(=O)c3cc(Cl)cc(Cl)c3NC(=O)C#Cc3ccccc3)CC2)nc2ccccc12. The van der Waals surface area contributed by atoms with E-state index in [4.69, 9.17) is 33.2 Å². The van der Waals surface area contributed by atoms with Gasteiger partial charge in [-0.2, -0.15) is 4.98 Å². The Kier molecular flexibility index (Phi) is 9.65. The lowest BCUT2D eigenvalue weighted by atomic mass is 9.86. The molecule has 0 radical (unpaired) electrons. The molecule has 43 heavy (non-hydrogen) atoms. The second-order valence-electron chi connectivity index (χ2n) is 10.7. The van der Waals surface area contributed by atoms with Crippen LogP contribution in [0, 0.1) is 17.8 Å². The van der Waals surface area contributed by atoms with Gasteiger partial charge in [0.2, 0.25) is 5.95 Å². The van der Waals surface area contributed by atoms with E-state index in [-0.39, 0.29) is 28.2 Å². The van der Waals surface area contributed by atoms with Crippen molar-refractivity contribution >= 4 is 63.4 Å². The van der Waals surface area contributed by atoms with Crippen LogP contribution in [0.1, 0.15) is 41.6 Å². The number of benzene rings is 3. The van der Waals surface area contributed by atoms with Crippen molar-refractivity contribution in [2.45, 2.75) is 31.7 Å². The molecule has 0 unspecified atom stereocenters. The number of aromatic nitrogens is 2. The predicted octanol–water partition coefficient (Wildman–Crippen LogP) is 6.39. The third-order valence-corrected chi connectivity index (χ3v) is 7.89. The minimum Gasteiger partial charge on any atom is -0.362 e. The summed E-state index contributed by atoms with van der Waals surface area (Å²) >= 11 is 12.6. The number of amides is 2. The number of carbonyl (C=O) groups excluding carboxylic acids is 2. The first-order chi connectivity index (χ1) is 20.8. The highest BCUT2D eigenvalue weighted by molar-refractivity contribution is 6.38. The quantitative estimate of drug-likeness (QED) is 0.209. The van der Waals surface area contributed by atoms with Crippen LogP contribution in [0.3, 0.4) is 0 Å². The van der Waals surface area contributed by atoms with E-state index >= 15 is 0 Å². The molecular formula is C33H32Cl2N6O2. The van der Waals surface area contributed by atoms with Gasteiger partial charge in [0.15, 0.2) is 0 Å². The molecule has 220 valence electrons. The average Bonchev–Trinajstić information content (AvgIpc) is 3.00. The summed E-state index contributed by atoms with van der Waals surface area (Å²) in [6, 6.07) is 20.4. The highest BCUT2D eigenvalue weighted by atomic mass is 35.5. The van der Waals surface area contributed by atoms with Crippen molar-refractivity contribution in [1.82, 2.24) is 15.3 Å². The number of carbonyl (C=O) groups is 2. The summed E-state index contributed by atoms with van der Waals surface area (Å²) in [6.45, 7) is 0.494. The van der Waals surface area contributed by atoms with Gasteiger partial charge < -0.3 is 20.9 Å². The normalized spacial score (nSPS) is 16.1. The molecule has 1 aromatic heterocycles. The van der Waals surface area contributed by atoms with Crippen LogP contribution in [0.2, 0.25) is 10.0 Å². The van der Waals surface area contributed by atoms with Gasteiger partial charge in [-0.25, -0.2) is 4.98 Å². The molecular weight excluding hydrogens is 583 g/mol. The molecule has 5 rings (SSSR count). The summed E-state index contributed by atoms with van der Waals surface area (Å²) in [5.41, 5.74) is 1.97. The molecule has 8 nitrogen and oxygen atoms in total. The smallest absolute Gasteiger partial charge is 0.300 e. The molecule has 10 heteroatoms. The molecule has 1 heterocycles. The Balaban J connectivity index is 1.17. The van der Waals surface area contributed by atoms with Crippen LogP contribution in [-0.4, -0.2) is 48.5 Å². The van der Waals surface area contributed by atoms with Gasteiger partial charge in [-0.15, -0.1) is 0 Å². The molecule has 3 aromatic carbocycles. The minimum atomic E-state index is -0.582.